The van der Waals surface area contributed by atoms with Gasteiger partial charge in [-0.3, -0.25) is 0 Å². The number of carbonyl (C=O) groups excluding carboxylic acids is 1. The van der Waals surface area contributed by atoms with Crippen molar-refractivity contribution in [1.82, 2.24) is 9.88 Å². The van der Waals surface area contributed by atoms with Crippen molar-refractivity contribution in [1.29, 1.82) is 0 Å². The zero-order chi connectivity index (χ0) is 12.4. The Balaban J connectivity index is 1.72. The third-order valence-electron chi connectivity index (χ3n) is 2.88. The summed E-state index contributed by atoms with van der Waals surface area (Å²) in [5.74, 6) is 0. The summed E-state index contributed by atoms with van der Waals surface area (Å²) in [7, 11) is 0. The number of morpholine rings is 1. The smallest absolute Gasteiger partial charge is 0.322 e. The molecule has 0 radical (unpaired) electrons. The summed E-state index contributed by atoms with van der Waals surface area (Å²) in [5.41, 5.74) is 3.57. The molecule has 0 atom stereocenters. The predicted octanol–water partition coefficient (Wildman–Crippen LogP) is 2.16. The van der Waals surface area contributed by atoms with E-state index in [1.807, 2.05) is 18.2 Å². The Bertz CT molecular complexity index is 563. The van der Waals surface area contributed by atoms with Crippen LogP contribution in [0.5, 0.6) is 0 Å². The lowest BCUT2D eigenvalue weighted by Crippen LogP contribution is -2.43. The van der Waals surface area contributed by atoms with Gasteiger partial charge in [0.05, 0.1) is 28.9 Å². The molecule has 0 unspecified atom stereocenters. The zero-order valence-electron chi connectivity index (χ0n) is 9.76. The number of rotatable bonds is 1. The number of hydrogen-bond acceptors (Lipinski definition) is 4. The molecule has 2 heterocycles. The molecule has 18 heavy (non-hydrogen) atoms. The first-order valence-electron chi connectivity index (χ1n) is 5.80. The van der Waals surface area contributed by atoms with Gasteiger partial charge in [-0.15, -0.1) is 11.3 Å². The first kappa shape index (κ1) is 11.4. The van der Waals surface area contributed by atoms with Gasteiger partial charge in [0.2, 0.25) is 0 Å². The highest BCUT2D eigenvalue weighted by molar-refractivity contribution is 7.16. The summed E-state index contributed by atoms with van der Waals surface area (Å²) in [6.07, 6.45) is 0. The van der Waals surface area contributed by atoms with Crippen molar-refractivity contribution in [3.8, 4) is 0 Å². The van der Waals surface area contributed by atoms with Gasteiger partial charge < -0.3 is 15.0 Å². The van der Waals surface area contributed by atoms with Crippen molar-refractivity contribution in [3.63, 3.8) is 0 Å². The van der Waals surface area contributed by atoms with E-state index in [1.165, 1.54) is 0 Å². The van der Waals surface area contributed by atoms with Gasteiger partial charge in [-0.1, -0.05) is 0 Å². The third-order valence-corrected chi connectivity index (χ3v) is 3.67. The van der Waals surface area contributed by atoms with Crippen LogP contribution in [0, 0.1) is 0 Å². The Morgan fingerprint density at radius 3 is 3.06 bits per heavy atom. The van der Waals surface area contributed by atoms with Gasteiger partial charge in [0.15, 0.2) is 0 Å². The maximum Gasteiger partial charge on any atom is 0.322 e. The van der Waals surface area contributed by atoms with Crippen LogP contribution >= 0.6 is 11.3 Å². The van der Waals surface area contributed by atoms with E-state index in [1.54, 1.807) is 21.7 Å². The number of urea groups is 1. The SMILES string of the molecule is O=C(Nc1ccc2ncsc2c1)N1CCOCC1. The molecule has 6 heteroatoms. The fraction of sp³-hybridized carbons (Fsp3) is 0.333. The number of hydrogen-bond donors (Lipinski definition) is 1. The largest absolute Gasteiger partial charge is 0.378 e. The maximum absolute atomic E-state index is 12.0. The Kier molecular flexibility index (Phi) is 3.12. The molecule has 1 aliphatic rings. The van der Waals surface area contributed by atoms with Gasteiger partial charge in [0.25, 0.3) is 0 Å². The lowest BCUT2D eigenvalue weighted by Gasteiger charge is -2.26. The second-order valence-electron chi connectivity index (χ2n) is 4.06. The van der Waals surface area contributed by atoms with Crippen LogP contribution in [0.1, 0.15) is 0 Å². The van der Waals surface area contributed by atoms with E-state index in [0.29, 0.717) is 26.3 Å². The summed E-state index contributed by atoms with van der Waals surface area (Å²) in [5, 5.41) is 2.90. The summed E-state index contributed by atoms with van der Waals surface area (Å²) in [4.78, 5) is 18.0. The second-order valence-corrected chi connectivity index (χ2v) is 4.95. The van der Waals surface area contributed by atoms with E-state index < -0.39 is 0 Å². The minimum atomic E-state index is -0.0674. The first-order chi connectivity index (χ1) is 8.83. The summed E-state index contributed by atoms with van der Waals surface area (Å²) in [6.45, 7) is 2.52. The normalized spacial score (nSPS) is 15.9. The number of fused-ring (bicyclic) bond motifs is 1. The molecule has 2 amide bonds. The van der Waals surface area contributed by atoms with Crippen LogP contribution in [0.3, 0.4) is 0 Å². The Morgan fingerprint density at radius 2 is 2.22 bits per heavy atom. The molecule has 1 fully saturated rings. The second kappa shape index (κ2) is 4.91. The highest BCUT2D eigenvalue weighted by Crippen LogP contribution is 2.22. The predicted molar refractivity (Wildman–Crippen MR) is 71.0 cm³/mol. The van der Waals surface area contributed by atoms with Crippen LogP contribution < -0.4 is 5.32 Å². The molecule has 0 aliphatic carbocycles. The zero-order valence-corrected chi connectivity index (χ0v) is 10.6. The maximum atomic E-state index is 12.0. The number of nitrogens with zero attached hydrogens (tertiary/aromatic N) is 2. The van der Waals surface area contributed by atoms with Crippen molar-refractivity contribution in [2.24, 2.45) is 0 Å². The van der Waals surface area contributed by atoms with Gasteiger partial charge in [0, 0.05) is 18.8 Å². The van der Waals surface area contributed by atoms with Crippen LogP contribution in [0.2, 0.25) is 0 Å². The highest BCUT2D eigenvalue weighted by atomic mass is 32.1. The van der Waals surface area contributed by atoms with Crippen LogP contribution in [0.4, 0.5) is 10.5 Å². The van der Waals surface area contributed by atoms with E-state index in [0.717, 1.165) is 15.9 Å². The first-order valence-corrected chi connectivity index (χ1v) is 6.68. The number of carbonyl (C=O) groups is 1. The number of anilines is 1. The topological polar surface area (TPSA) is 54.5 Å². The Hall–Kier alpha value is -1.66. The van der Waals surface area contributed by atoms with E-state index in [4.69, 9.17) is 4.74 Å². The van der Waals surface area contributed by atoms with Crippen molar-refractivity contribution in [2.75, 3.05) is 31.6 Å². The lowest BCUT2D eigenvalue weighted by atomic mass is 10.3. The quantitative estimate of drug-likeness (QED) is 0.857. The molecule has 0 saturated carbocycles. The van der Waals surface area contributed by atoms with E-state index >= 15 is 0 Å². The minimum absolute atomic E-state index is 0.0674. The average Bonchev–Trinajstić information content (AvgIpc) is 2.87. The molecule has 1 N–H and O–H groups in total. The van der Waals surface area contributed by atoms with Gasteiger partial charge in [-0.05, 0) is 18.2 Å². The number of aromatic nitrogens is 1. The Morgan fingerprint density at radius 1 is 1.39 bits per heavy atom. The molecule has 1 saturated heterocycles. The van der Waals surface area contributed by atoms with Crippen LogP contribution in [-0.2, 0) is 4.74 Å². The van der Waals surface area contributed by atoms with Gasteiger partial charge in [-0.2, -0.15) is 0 Å². The monoisotopic (exact) mass is 263 g/mol. The summed E-state index contributed by atoms with van der Waals surface area (Å²) >= 11 is 1.57. The van der Waals surface area contributed by atoms with E-state index in [2.05, 4.69) is 10.3 Å². The van der Waals surface area contributed by atoms with Gasteiger partial charge in [-0.25, -0.2) is 9.78 Å². The average molecular weight is 263 g/mol. The molecule has 0 spiro atoms. The fourth-order valence-electron chi connectivity index (χ4n) is 1.90. The van der Waals surface area contributed by atoms with E-state index in [-0.39, 0.29) is 6.03 Å². The molecule has 2 aromatic rings. The number of nitrogens with one attached hydrogen (secondary N) is 1. The highest BCUT2D eigenvalue weighted by Gasteiger charge is 2.16. The molecule has 1 aromatic heterocycles. The molecule has 1 aromatic carbocycles. The number of amides is 2. The molecular formula is C12H13N3O2S. The van der Waals surface area contributed by atoms with Crippen LogP contribution in [0.15, 0.2) is 23.7 Å². The fourth-order valence-corrected chi connectivity index (χ4v) is 2.62. The number of ether oxygens (including phenoxy) is 1. The molecule has 1 aliphatic heterocycles. The molecule has 94 valence electrons. The molecule has 5 nitrogen and oxygen atoms in total. The molecule has 0 bridgehead atoms. The summed E-state index contributed by atoms with van der Waals surface area (Å²) < 4.78 is 6.30. The number of thiazole rings is 1. The lowest BCUT2D eigenvalue weighted by molar-refractivity contribution is 0.0564. The minimum Gasteiger partial charge on any atom is -0.378 e. The molecule has 3 rings (SSSR count). The van der Waals surface area contributed by atoms with Gasteiger partial charge in [0.1, 0.15) is 0 Å². The van der Waals surface area contributed by atoms with Crippen LogP contribution in [0.25, 0.3) is 10.2 Å². The van der Waals surface area contributed by atoms with Crippen molar-refractivity contribution >= 4 is 33.3 Å². The Labute approximate surface area is 108 Å². The van der Waals surface area contributed by atoms with Crippen molar-refractivity contribution < 1.29 is 9.53 Å². The summed E-state index contributed by atoms with van der Waals surface area (Å²) in [6, 6.07) is 5.68. The van der Waals surface area contributed by atoms with Crippen LogP contribution in [-0.4, -0.2) is 42.2 Å². The molecular weight excluding hydrogens is 250 g/mol. The van der Waals surface area contributed by atoms with Crippen molar-refractivity contribution in [3.05, 3.63) is 23.7 Å². The standard InChI is InChI=1S/C12H13N3O2S/c16-12(15-3-5-17-6-4-15)14-9-1-2-10-11(7-9)18-8-13-10/h1-2,7-8H,3-6H2,(H,14,16). The third kappa shape index (κ3) is 2.30. The van der Waals surface area contributed by atoms with E-state index in [9.17, 15) is 4.79 Å². The van der Waals surface area contributed by atoms with Gasteiger partial charge >= 0.3 is 6.03 Å². The van der Waals surface area contributed by atoms with Crippen molar-refractivity contribution in [2.45, 2.75) is 0 Å². The number of benzene rings is 1.